The lowest BCUT2D eigenvalue weighted by atomic mass is 10.0. The van der Waals surface area contributed by atoms with Crippen molar-refractivity contribution in [2.24, 2.45) is 0 Å². The van der Waals surface area contributed by atoms with Crippen LogP contribution in [-0.2, 0) is 6.42 Å². The van der Waals surface area contributed by atoms with Gasteiger partial charge in [0.05, 0.1) is 0 Å². The van der Waals surface area contributed by atoms with Gasteiger partial charge in [-0.1, -0.05) is 6.07 Å². The molecule has 1 aromatic carbocycles. The van der Waals surface area contributed by atoms with Gasteiger partial charge < -0.3 is 10.6 Å². The summed E-state index contributed by atoms with van der Waals surface area (Å²) in [6.07, 6.45) is 1.46. The standard InChI is InChI=1S/C13H18F2N2/c1-9(17-10-5-6-16-8-10)7-11-12(14)3-2-4-13(11)15/h2-4,9-10,16-17H,5-8H2,1H3. The number of hydrogen-bond acceptors (Lipinski definition) is 2. The highest BCUT2D eigenvalue weighted by Gasteiger charge is 2.18. The first-order valence-corrected chi connectivity index (χ1v) is 6.06. The van der Waals surface area contributed by atoms with Crippen LogP contribution in [0.4, 0.5) is 8.78 Å². The van der Waals surface area contributed by atoms with Gasteiger partial charge in [0.1, 0.15) is 11.6 Å². The molecular formula is C13H18F2N2. The van der Waals surface area contributed by atoms with Crippen molar-refractivity contribution < 1.29 is 8.78 Å². The molecular weight excluding hydrogens is 222 g/mol. The second kappa shape index (κ2) is 5.56. The van der Waals surface area contributed by atoms with E-state index in [1.807, 2.05) is 6.92 Å². The highest BCUT2D eigenvalue weighted by Crippen LogP contribution is 2.14. The van der Waals surface area contributed by atoms with Crippen LogP contribution >= 0.6 is 0 Å². The molecule has 1 aromatic rings. The van der Waals surface area contributed by atoms with Gasteiger partial charge in [0, 0.05) is 24.2 Å². The molecule has 2 atom stereocenters. The van der Waals surface area contributed by atoms with Gasteiger partial charge in [0.25, 0.3) is 0 Å². The lowest BCUT2D eigenvalue weighted by molar-refractivity contribution is 0.447. The monoisotopic (exact) mass is 240 g/mol. The number of halogens is 2. The fourth-order valence-corrected chi connectivity index (χ4v) is 2.29. The maximum absolute atomic E-state index is 13.4. The Morgan fingerprint density at radius 3 is 2.71 bits per heavy atom. The minimum atomic E-state index is -0.455. The Balaban J connectivity index is 1.95. The lowest BCUT2D eigenvalue weighted by Crippen LogP contribution is -2.39. The van der Waals surface area contributed by atoms with Crippen LogP contribution in [0.3, 0.4) is 0 Å². The molecule has 1 aliphatic heterocycles. The van der Waals surface area contributed by atoms with E-state index in [0.717, 1.165) is 19.5 Å². The van der Waals surface area contributed by atoms with Crippen molar-refractivity contribution in [1.82, 2.24) is 10.6 Å². The van der Waals surface area contributed by atoms with E-state index in [1.165, 1.54) is 18.2 Å². The van der Waals surface area contributed by atoms with Crippen molar-refractivity contribution in [3.05, 3.63) is 35.4 Å². The zero-order valence-electron chi connectivity index (χ0n) is 9.97. The van der Waals surface area contributed by atoms with Gasteiger partial charge in [0.2, 0.25) is 0 Å². The maximum Gasteiger partial charge on any atom is 0.129 e. The summed E-state index contributed by atoms with van der Waals surface area (Å²) in [5.41, 5.74) is 0.179. The molecule has 0 amide bonds. The topological polar surface area (TPSA) is 24.1 Å². The van der Waals surface area contributed by atoms with Gasteiger partial charge in [-0.15, -0.1) is 0 Å². The maximum atomic E-state index is 13.4. The van der Waals surface area contributed by atoms with Gasteiger partial charge in [-0.3, -0.25) is 0 Å². The fraction of sp³-hybridized carbons (Fsp3) is 0.538. The first kappa shape index (κ1) is 12.5. The van der Waals surface area contributed by atoms with Crippen LogP contribution < -0.4 is 10.6 Å². The number of rotatable bonds is 4. The number of hydrogen-bond donors (Lipinski definition) is 2. The minimum Gasteiger partial charge on any atom is -0.315 e. The third kappa shape index (κ3) is 3.23. The summed E-state index contributed by atoms with van der Waals surface area (Å²) < 4.78 is 26.9. The van der Waals surface area contributed by atoms with E-state index in [0.29, 0.717) is 12.5 Å². The van der Waals surface area contributed by atoms with Crippen LogP contribution in [0, 0.1) is 11.6 Å². The Hall–Kier alpha value is -1.00. The van der Waals surface area contributed by atoms with Gasteiger partial charge in [-0.05, 0) is 38.4 Å². The Morgan fingerprint density at radius 2 is 2.12 bits per heavy atom. The van der Waals surface area contributed by atoms with E-state index in [1.54, 1.807) is 0 Å². The number of benzene rings is 1. The molecule has 2 rings (SSSR count). The Morgan fingerprint density at radius 1 is 1.41 bits per heavy atom. The summed E-state index contributed by atoms with van der Waals surface area (Å²) in [6.45, 7) is 3.91. The highest BCUT2D eigenvalue weighted by atomic mass is 19.1. The largest absolute Gasteiger partial charge is 0.315 e. The van der Waals surface area contributed by atoms with E-state index in [-0.39, 0.29) is 11.6 Å². The molecule has 1 heterocycles. The van der Waals surface area contributed by atoms with E-state index >= 15 is 0 Å². The first-order chi connectivity index (χ1) is 8.16. The third-order valence-electron chi connectivity index (χ3n) is 3.15. The molecule has 2 N–H and O–H groups in total. The highest BCUT2D eigenvalue weighted by molar-refractivity contribution is 5.20. The SMILES string of the molecule is CC(Cc1c(F)cccc1F)NC1CCNC1. The molecule has 2 unspecified atom stereocenters. The quantitative estimate of drug-likeness (QED) is 0.839. The summed E-state index contributed by atoms with van der Waals surface area (Å²) >= 11 is 0. The predicted octanol–water partition coefficient (Wildman–Crippen LogP) is 1.85. The Kier molecular flexibility index (Phi) is 4.07. The van der Waals surface area contributed by atoms with Crippen molar-refractivity contribution in [3.8, 4) is 0 Å². The molecule has 17 heavy (non-hydrogen) atoms. The van der Waals surface area contributed by atoms with E-state index in [9.17, 15) is 8.78 Å². The van der Waals surface area contributed by atoms with Crippen LogP contribution in [-0.4, -0.2) is 25.2 Å². The molecule has 0 spiro atoms. The first-order valence-electron chi connectivity index (χ1n) is 6.06. The second-order valence-electron chi connectivity index (χ2n) is 4.66. The average molecular weight is 240 g/mol. The molecule has 4 heteroatoms. The van der Waals surface area contributed by atoms with E-state index < -0.39 is 11.6 Å². The lowest BCUT2D eigenvalue weighted by Gasteiger charge is -2.19. The smallest absolute Gasteiger partial charge is 0.129 e. The van der Waals surface area contributed by atoms with Crippen LogP contribution in [0.2, 0.25) is 0 Å². The van der Waals surface area contributed by atoms with Crippen molar-refractivity contribution in [3.63, 3.8) is 0 Å². The van der Waals surface area contributed by atoms with Crippen molar-refractivity contribution in [1.29, 1.82) is 0 Å². The predicted molar refractivity (Wildman–Crippen MR) is 63.9 cm³/mol. The zero-order chi connectivity index (χ0) is 12.3. The van der Waals surface area contributed by atoms with Crippen LogP contribution in [0.25, 0.3) is 0 Å². The Labute approximate surface area is 100 Å². The van der Waals surface area contributed by atoms with Gasteiger partial charge in [-0.25, -0.2) is 8.78 Å². The normalized spacial score (nSPS) is 21.7. The molecule has 0 bridgehead atoms. The molecule has 0 aromatic heterocycles. The molecule has 1 fully saturated rings. The van der Waals surface area contributed by atoms with Crippen LogP contribution in [0.5, 0.6) is 0 Å². The fourth-order valence-electron chi connectivity index (χ4n) is 2.29. The number of nitrogens with one attached hydrogen (secondary N) is 2. The molecule has 0 aliphatic carbocycles. The van der Waals surface area contributed by atoms with Crippen LogP contribution in [0.1, 0.15) is 18.9 Å². The molecule has 0 saturated carbocycles. The zero-order valence-corrected chi connectivity index (χ0v) is 9.97. The molecule has 2 nitrogen and oxygen atoms in total. The summed E-state index contributed by atoms with van der Waals surface area (Å²) in [7, 11) is 0. The summed E-state index contributed by atoms with van der Waals surface area (Å²) in [6, 6.07) is 4.50. The van der Waals surface area contributed by atoms with Crippen molar-refractivity contribution in [2.75, 3.05) is 13.1 Å². The van der Waals surface area contributed by atoms with Gasteiger partial charge >= 0.3 is 0 Å². The van der Waals surface area contributed by atoms with E-state index in [4.69, 9.17) is 0 Å². The van der Waals surface area contributed by atoms with E-state index in [2.05, 4.69) is 10.6 Å². The van der Waals surface area contributed by atoms with Crippen molar-refractivity contribution >= 4 is 0 Å². The molecule has 1 saturated heterocycles. The average Bonchev–Trinajstić information content (AvgIpc) is 2.76. The van der Waals surface area contributed by atoms with Crippen LogP contribution in [0.15, 0.2) is 18.2 Å². The van der Waals surface area contributed by atoms with Gasteiger partial charge in [0.15, 0.2) is 0 Å². The minimum absolute atomic E-state index is 0.0753. The van der Waals surface area contributed by atoms with Crippen molar-refractivity contribution in [2.45, 2.75) is 31.8 Å². The second-order valence-corrected chi connectivity index (χ2v) is 4.66. The molecule has 94 valence electrons. The molecule has 1 aliphatic rings. The summed E-state index contributed by atoms with van der Waals surface area (Å²) in [5.74, 6) is -0.911. The van der Waals surface area contributed by atoms with Gasteiger partial charge in [-0.2, -0.15) is 0 Å². The molecule has 0 radical (unpaired) electrons. The summed E-state index contributed by atoms with van der Waals surface area (Å²) in [5, 5.41) is 6.64. The summed E-state index contributed by atoms with van der Waals surface area (Å²) in [4.78, 5) is 0. The Bertz CT molecular complexity index is 355. The third-order valence-corrected chi connectivity index (χ3v) is 3.15.